The van der Waals surface area contributed by atoms with Crippen LogP contribution in [-0.4, -0.2) is 19.1 Å². The number of nitrogen functional groups attached to an aromatic ring is 1. The summed E-state index contributed by atoms with van der Waals surface area (Å²) >= 11 is 0. The zero-order valence-corrected chi connectivity index (χ0v) is 11.6. The summed E-state index contributed by atoms with van der Waals surface area (Å²) in [6.07, 6.45) is 4.81. The molecule has 0 heterocycles. The Morgan fingerprint density at radius 2 is 2.26 bits per heavy atom. The lowest BCUT2D eigenvalue weighted by Crippen LogP contribution is -2.22. The zero-order chi connectivity index (χ0) is 13.8. The molecular formula is C15H22N2O2. The summed E-state index contributed by atoms with van der Waals surface area (Å²) in [5, 5.41) is 3.43. The Morgan fingerprint density at radius 3 is 2.84 bits per heavy atom. The Bertz CT molecular complexity index is 455. The Balaban J connectivity index is 2.18. The quantitative estimate of drug-likeness (QED) is 0.611. The van der Waals surface area contributed by atoms with E-state index in [2.05, 4.69) is 12.2 Å². The van der Waals surface area contributed by atoms with E-state index in [0.717, 1.165) is 18.8 Å². The molecular weight excluding hydrogens is 240 g/mol. The summed E-state index contributed by atoms with van der Waals surface area (Å²) < 4.78 is 4.81. The molecule has 0 radical (unpaired) electrons. The van der Waals surface area contributed by atoms with Gasteiger partial charge < -0.3 is 15.8 Å². The van der Waals surface area contributed by atoms with Gasteiger partial charge in [0.15, 0.2) is 0 Å². The molecule has 1 saturated carbocycles. The van der Waals surface area contributed by atoms with Crippen molar-refractivity contribution < 1.29 is 9.53 Å². The van der Waals surface area contributed by atoms with E-state index in [9.17, 15) is 4.79 Å². The van der Waals surface area contributed by atoms with Crippen LogP contribution in [0.1, 0.15) is 43.0 Å². The summed E-state index contributed by atoms with van der Waals surface area (Å²) in [7, 11) is 1.39. The average Bonchev–Trinajstić information content (AvgIpc) is 3.23. The predicted molar refractivity (Wildman–Crippen MR) is 77.2 cm³/mol. The van der Waals surface area contributed by atoms with Crippen molar-refractivity contribution in [2.45, 2.75) is 38.6 Å². The number of carbonyl (C=O) groups is 1. The SMILES string of the molecule is CCC(CC1CC1)Nc1c(N)cccc1C(=O)OC. The van der Waals surface area contributed by atoms with Crippen molar-refractivity contribution in [1.29, 1.82) is 0 Å². The van der Waals surface area contributed by atoms with Crippen LogP contribution in [0, 0.1) is 5.92 Å². The first kappa shape index (κ1) is 13.7. The molecule has 0 saturated heterocycles. The van der Waals surface area contributed by atoms with Crippen molar-refractivity contribution in [2.24, 2.45) is 5.92 Å². The van der Waals surface area contributed by atoms with Gasteiger partial charge in [0, 0.05) is 6.04 Å². The van der Waals surface area contributed by atoms with Crippen molar-refractivity contribution in [3.63, 3.8) is 0 Å². The lowest BCUT2D eigenvalue weighted by molar-refractivity contribution is 0.0602. The first-order valence-corrected chi connectivity index (χ1v) is 6.89. The first-order valence-electron chi connectivity index (χ1n) is 6.89. The summed E-state index contributed by atoms with van der Waals surface area (Å²) in [4.78, 5) is 11.8. The van der Waals surface area contributed by atoms with Gasteiger partial charge in [-0.3, -0.25) is 0 Å². The molecule has 1 unspecified atom stereocenters. The van der Waals surface area contributed by atoms with Crippen LogP contribution in [0.3, 0.4) is 0 Å². The second kappa shape index (κ2) is 5.95. The van der Waals surface area contributed by atoms with Crippen molar-refractivity contribution in [2.75, 3.05) is 18.2 Å². The van der Waals surface area contributed by atoms with Crippen LogP contribution in [0.25, 0.3) is 0 Å². The van der Waals surface area contributed by atoms with Gasteiger partial charge >= 0.3 is 5.97 Å². The number of ether oxygens (including phenoxy) is 1. The monoisotopic (exact) mass is 262 g/mol. The Labute approximate surface area is 114 Å². The van der Waals surface area contributed by atoms with E-state index in [1.807, 2.05) is 0 Å². The highest BCUT2D eigenvalue weighted by Crippen LogP contribution is 2.35. The number of carbonyl (C=O) groups excluding carboxylic acids is 1. The van der Waals surface area contributed by atoms with E-state index in [1.165, 1.54) is 20.0 Å². The van der Waals surface area contributed by atoms with Gasteiger partial charge in [0.2, 0.25) is 0 Å². The Hall–Kier alpha value is -1.71. The fourth-order valence-electron chi connectivity index (χ4n) is 2.30. The van der Waals surface area contributed by atoms with Crippen molar-refractivity contribution in [1.82, 2.24) is 0 Å². The van der Waals surface area contributed by atoms with E-state index in [0.29, 0.717) is 23.0 Å². The molecule has 0 spiro atoms. The molecule has 1 fully saturated rings. The molecule has 1 aliphatic carbocycles. The molecule has 1 aliphatic rings. The van der Waals surface area contributed by atoms with Crippen LogP contribution in [0.15, 0.2) is 18.2 Å². The highest BCUT2D eigenvalue weighted by atomic mass is 16.5. The van der Waals surface area contributed by atoms with Crippen LogP contribution in [0.4, 0.5) is 11.4 Å². The summed E-state index contributed by atoms with van der Waals surface area (Å²) in [5.41, 5.74) is 7.81. The molecule has 104 valence electrons. The normalized spacial score (nSPS) is 15.9. The number of methoxy groups -OCH3 is 1. The Kier molecular flexibility index (Phi) is 4.30. The molecule has 0 aliphatic heterocycles. The molecule has 2 rings (SSSR count). The van der Waals surface area contributed by atoms with E-state index < -0.39 is 0 Å². The number of hydrogen-bond donors (Lipinski definition) is 2. The number of esters is 1. The third-order valence-corrected chi connectivity index (χ3v) is 3.66. The van der Waals surface area contributed by atoms with Crippen LogP contribution in [-0.2, 0) is 4.74 Å². The van der Waals surface area contributed by atoms with Gasteiger partial charge in [0.05, 0.1) is 24.0 Å². The number of rotatable bonds is 6. The molecule has 3 N–H and O–H groups in total. The summed E-state index contributed by atoms with van der Waals surface area (Å²) in [6.45, 7) is 2.15. The average molecular weight is 262 g/mol. The van der Waals surface area contributed by atoms with E-state index in [1.54, 1.807) is 18.2 Å². The standard InChI is InChI=1S/C15H22N2O2/c1-3-11(9-10-7-8-10)17-14-12(15(18)19-2)5-4-6-13(14)16/h4-6,10-11,17H,3,7-9,16H2,1-2H3. The van der Waals surface area contributed by atoms with Crippen molar-refractivity contribution in [3.05, 3.63) is 23.8 Å². The summed E-state index contributed by atoms with van der Waals surface area (Å²) in [6, 6.07) is 5.68. The second-order valence-corrected chi connectivity index (χ2v) is 5.19. The molecule has 0 bridgehead atoms. The molecule has 19 heavy (non-hydrogen) atoms. The Morgan fingerprint density at radius 1 is 1.53 bits per heavy atom. The minimum absolute atomic E-state index is 0.351. The number of para-hydroxylation sites is 1. The van der Waals surface area contributed by atoms with Gasteiger partial charge in [-0.15, -0.1) is 0 Å². The first-order chi connectivity index (χ1) is 9.15. The topological polar surface area (TPSA) is 64.3 Å². The molecule has 1 aromatic carbocycles. The molecule has 4 heteroatoms. The maximum absolute atomic E-state index is 11.8. The van der Waals surface area contributed by atoms with E-state index in [-0.39, 0.29) is 5.97 Å². The fourth-order valence-corrected chi connectivity index (χ4v) is 2.30. The van der Waals surface area contributed by atoms with Gasteiger partial charge in [-0.1, -0.05) is 25.8 Å². The summed E-state index contributed by atoms with van der Waals surface area (Å²) in [5.74, 6) is 0.486. The van der Waals surface area contributed by atoms with Gasteiger partial charge in [-0.05, 0) is 30.9 Å². The number of nitrogens with two attached hydrogens (primary N) is 1. The third kappa shape index (κ3) is 3.40. The van der Waals surface area contributed by atoms with Crippen LogP contribution in [0.2, 0.25) is 0 Å². The van der Waals surface area contributed by atoms with Crippen molar-refractivity contribution in [3.8, 4) is 0 Å². The van der Waals surface area contributed by atoms with Gasteiger partial charge in [0.1, 0.15) is 0 Å². The lowest BCUT2D eigenvalue weighted by Gasteiger charge is -2.21. The van der Waals surface area contributed by atoms with E-state index in [4.69, 9.17) is 10.5 Å². The number of nitrogens with one attached hydrogen (secondary N) is 1. The van der Waals surface area contributed by atoms with Gasteiger partial charge in [0.25, 0.3) is 0 Å². The highest BCUT2D eigenvalue weighted by molar-refractivity contribution is 5.98. The second-order valence-electron chi connectivity index (χ2n) is 5.19. The maximum Gasteiger partial charge on any atom is 0.340 e. The maximum atomic E-state index is 11.8. The van der Waals surface area contributed by atoms with E-state index >= 15 is 0 Å². The molecule has 0 aromatic heterocycles. The van der Waals surface area contributed by atoms with Crippen LogP contribution in [0.5, 0.6) is 0 Å². The minimum Gasteiger partial charge on any atom is -0.465 e. The fraction of sp³-hybridized carbons (Fsp3) is 0.533. The predicted octanol–water partition coefficient (Wildman–Crippen LogP) is 3.05. The lowest BCUT2D eigenvalue weighted by atomic mass is 10.1. The number of hydrogen-bond acceptors (Lipinski definition) is 4. The third-order valence-electron chi connectivity index (χ3n) is 3.66. The smallest absolute Gasteiger partial charge is 0.340 e. The molecule has 0 amide bonds. The van der Waals surface area contributed by atoms with Crippen LogP contribution >= 0.6 is 0 Å². The number of anilines is 2. The van der Waals surface area contributed by atoms with Crippen molar-refractivity contribution >= 4 is 17.3 Å². The molecule has 1 aromatic rings. The van der Waals surface area contributed by atoms with Gasteiger partial charge in [-0.25, -0.2) is 4.79 Å². The van der Waals surface area contributed by atoms with Gasteiger partial charge in [-0.2, -0.15) is 0 Å². The minimum atomic E-state index is -0.351. The largest absolute Gasteiger partial charge is 0.465 e. The molecule has 1 atom stereocenters. The zero-order valence-electron chi connectivity index (χ0n) is 11.6. The number of benzene rings is 1. The highest BCUT2D eigenvalue weighted by Gasteiger charge is 2.26. The van der Waals surface area contributed by atoms with Crippen LogP contribution < -0.4 is 11.1 Å². The molecule has 4 nitrogen and oxygen atoms in total.